The molecule has 2 atom stereocenters. The number of nitrogens with one attached hydrogen (secondary N) is 1. The van der Waals surface area contributed by atoms with E-state index in [2.05, 4.69) is 19.2 Å². The molecule has 22 heavy (non-hydrogen) atoms. The molecule has 1 fully saturated rings. The van der Waals surface area contributed by atoms with Crippen LogP contribution in [0.3, 0.4) is 0 Å². The molecule has 1 aliphatic carbocycles. The molecule has 0 radical (unpaired) electrons. The molecule has 0 heterocycles. The summed E-state index contributed by atoms with van der Waals surface area (Å²) in [6.45, 7) is 4.94. The monoisotopic (exact) mass is 321 g/mol. The van der Waals surface area contributed by atoms with Crippen molar-refractivity contribution in [3.8, 4) is 5.75 Å². The summed E-state index contributed by atoms with van der Waals surface area (Å²) >= 11 is 1.64. The van der Waals surface area contributed by atoms with Gasteiger partial charge in [0.1, 0.15) is 5.75 Å². The molecule has 2 unspecified atom stereocenters. The van der Waals surface area contributed by atoms with Gasteiger partial charge in [-0.05, 0) is 37.8 Å². The molecule has 0 aliphatic heterocycles. The fourth-order valence-electron chi connectivity index (χ4n) is 2.80. The minimum atomic E-state index is 0.166. The summed E-state index contributed by atoms with van der Waals surface area (Å²) in [5.41, 5.74) is 1.23. The molecular weight excluding hydrogens is 294 g/mol. The highest BCUT2D eigenvalue weighted by molar-refractivity contribution is 7.99. The van der Waals surface area contributed by atoms with Gasteiger partial charge < -0.3 is 10.1 Å². The highest BCUT2D eigenvalue weighted by Crippen LogP contribution is 2.23. The Kier molecular flexibility index (Phi) is 7.10. The van der Waals surface area contributed by atoms with Gasteiger partial charge in [-0.15, -0.1) is 11.8 Å². The van der Waals surface area contributed by atoms with Crippen LogP contribution in [0, 0.1) is 12.8 Å². The van der Waals surface area contributed by atoms with Crippen molar-refractivity contribution in [2.24, 2.45) is 5.92 Å². The molecule has 0 aromatic heterocycles. The van der Waals surface area contributed by atoms with Gasteiger partial charge in [0.05, 0.1) is 12.4 Å². The third-order valence-electron chi connectivity index (χ3n) is 4.21. The van der Waals surface area contributed by atoms with Crippen molar-refractivity contribution in [2.45, 2.75) is 45.6 Å². The Labute approximate surface area is 138 Å². The average molecular weight is 321 g/mol. The van der Waals surface area contributed by atoms with Crippen molar-refractivity contribution >= 4 is 17.7 Å². The van der Waals surface area contributed by atoms with Crippen LogP contribution in [0.1, 0.15) is 38.2 Å². The topological polar surface area (TPSA) is 38.3 Å². The summed E-state index contributed by atoms with van der Waals surface area (Å²) in [4.78, 5) is 12.0. The third-order valence-corrected chi connectivity index (χ3v) is 5.13. The summed E-state index contributed by atoms with van der Waals surface area (Å²) < 4.78 is 5.66. The predicted molar refractivity (Wildman–Crippen MR) is 93.6 cm³/mol. The van der Waals surface area contributed by atoms with Gasteiger partial charge in [0.15, 0.2) is 0 Å². The second-order valence-corrected chi connectivity index (χ2v) is 7.26. The molecule has 3 nitrogen and oxygen atoms in total. The Hall–Kier alpha value is -1.16. The zero-order chi connectivity index (χ0) is 15.8. The SMILES string of the molecule is Cc1ccc(OCCSCC(=O)NC2CCCCC2C)cc1. The lowest BCUT2D eigenvalue weighted by atomic mass is 9.86. The number of thioether (sulfide) groups is 1. The number of hydrogen-bond acceptors (Lipinski definition) is 3. The summed E-state index contributed by atoms with van der Waals surface area (Å²) in [6.07, 6.45) is 4.92. The fourth-order valence-corrected chi connectivity index (χ4v) is 3.41. The van der Waals surface area contributed by atoms with Crippen molar-refractivity contribution in [3.05, 3.63) is 29.8 Å². The molecule has 1 aromatic rings. The number of carbonyl (C=O) groups is 1. The van der Waals surface area contributed by atoms with Gasteiger partial charge in [-0.25, -0.2) is 0 Å². The average Bonchev–Trinajstić information content (AvgIpc) is 2.51. The maximum atomic E-state index is 12.0. The second kappa shape index (κ2) is 9.09. The van der Waals surface area contributed by atoms with Crippen LogP contribution in [0.15, 0.2) is 24.3 Å². The van der Waals surface area contributed by atoms with Gasteiger partial charge in [-0.1, -0.05) is 37.5 Å². The number of rotatable bonds is 7. The fraction of sp³-hybridized carbons (Fsp3) is 0.611. The Balaban J connectivity index is 1.56. The highest BCUT2D eigenvalue weighted by Gasteiger charge is 2.22. The van der Waals surface area contributed by atoms with E-state index < -0.39 is 0 Å². The summed E-state index contributed by atoms with van der Waals surface area (Å²) in [7, 11) is 0. The molecule has 1 saturated carbocycles. The van der Waals surface area contributed by atoms with Crippen molar-refractivity contribution in [1.82, 2.24) is 5.32 Å². The van der Waals surface area contributed by atoms with Crippen LogP contribution in [-0.2, 0) is 4.79 Å². The molecule has 0 saturated heterocycles. The molecule has 4 heteroatoms. The predicted octanol–water partition coefficient (Wildman–Crippen LogP) is 3.80. The molecular formula is C18H27NO2S. The summed E-state index contributed by atoms with van der Waals surface area (Å²) in [5, 5.41) is 3.18. The summed E-state index contributed by atoms with van der Waals surface area (Å²) in [6, 6.07) is 8.43. The number of hydrogen-bond donors (Lipinski definition) is 1. The highest BCUT2D eigenvalue weighted by atomic mass is 32.2. The van der Waals surface area contributed by atoms with E-state index in [-0.39, 0.29) is 5.91 Å². The number of amides is 1. The molecule has 1 amide bonds. The first-order chi connectivity index (χ1) is 10.6. The largest absolute Gasteiger partial charge is 0.493 e. The van der Waals surface area contributed by atoms with Crippen LogP contribution < -0.4 is 10.1 Å². The third kappa shape index (κ3) is 5.91. The number of aryl methyl sites for hydroxylation is 1. The number of carbonyl (C=O) groups excluding carboxylic acids is 1. The molecule has 1 N–H and O–H groups in total. The minimum absolute atomic E-state index is 0.166. The standard InChI is InChI=1S/C18H27NO2S/c1-14-7-9-16(10-8-14)21-11-12-22-13-18(20)19-17-6-4-3-5-15(17)2/h7-10,15,17H,3-6,11-13H2,1-2H3,(H,19,20). The van der Waals surface area contributed by atoms with Crippen molar-refractivity contribution < 1.29 is 9.53 Å². The van der Waals surface area contributed by atoms with Crippen molar-refractivity contribution in [3.63, 3.8) is 0 Å². The lowest BCUT2D eigenvalue weighted by Crippen LogP contribution is -2.41. The molecule has 0 bridgehead atoms. The zero-order valence-electron chi connectivity index (χ0n) is 13.6. The van der Waals surface area contributed by atoms with E-state index in [1.54, 1.807) is 11.8 Å². The van der Waals surface area contributed by atoms with Crippen molar-refractivity contribution in [2.75, 3.05) is 18.1 Å². The first-order valence-electron chi connectivity index (χ1n) is 8.22. The van der Waals surface area contributed by atoms with E-state index in [9.17, 15) is 4.79 Å². The second-order valence-electron chi connectivity index (χ2n) is 6.15. The maximum absolute atomic E-state index is 12.0. The van der Waals surface area contributed by atoms with Gasteiger partial charge in [0, 0.05) is 11.8 Å². The number of ether oxygens (including phenoxy) is 1. The van der Waals surface area contributed by atoms with Crippen molar-refractivity contribution in [1.29, 1.82) is 0 Å². The van der Waals surface area contributed by atoms with Gasteiger partial charge in [0.25, 0.3) is 0 Å². The number of benzene rings is 1. The summed E-state index contributed by atoms with van der Waals surface area (Å²) in [5.74, 6) is 3.04. The van der Waals surface area contributed by atoms with Gasteiger partial charge >= 0.3 is 0 Å². The van der Waals surface area contributed by atoms with Crippen LogP contribution in [0.25, 0.3) is 0 Å². The van der Waals surface area contributed by atoms with E-state index in [0.717, 1.165) is 17.9 Å². The smallest absolute Gasteiger partial charge is 0.230 e. The first kappa shape index (κ1) is 17.2. The quantitative estimate of drug-likeness (QED) is 0.776. The maximum Gasteiger partial charge on any atom is 0.230 e. The Morgan fingerprint density at radius 3 is 2.73 bits per heavy atom. The van der Waals surface area contributed by atoms with Crippen LogP contribution >= 0.6 is 11.8 Å². The Morgan fingerprint density at radius 1 is 1.27 bits per heavy atom. The van der Waals surface area contributed by atoms with E-state index in [0.29, 0.717) is 24.3 Å². The molecule has 2 rings (SSSR count). The van der Waals surface area contributed by atoms with Crippen LogP contribution in [0.4, 0.5) is 0 Å². The molecule has 1 aromatic carbocycles. The lowest BCUT2D eigenvalue weighted by Gasteiger charge is -2.29. The van der Waals surface area contributed by atoms with E-state index in [1.807, 2.05) is 24.3 Å². The van der Waals surface area contributed by atoms with Crippen LogP contribution in [-0.4, -0.2) is 30.1 Å². The normalized spacial score (nSPS) is 21.4. The minimum Gasteiger partial charge on any atom is -0.493 e. The first-order valence-corrected chi connectivity index (χ1v) is 9.37. The lowest BCUT2D eigenvalue weighted by molar-refractivity contribution is -0.119. The molecule has 1 aliphatic rings. The van der Waals surface area contributed by atoms with Crippen LogP contribution in [0.2, 0.25) is 0 Å². The van der Waals surface area contributed by atoms with Gasteiger partial charge in [0.2, 0.25) is 5.91 Å². The van der Waals surface area contributed by atoms with Crippen LogP contribution in [0.5, 0.6) is 5.75 Å². The molecule has 122 valence electrons. The Morgan fingerprint density at radius 2 is 2.00 bits per heavy atom. The zero-order valence-corrected chi connectivity index (χ0v) is 14.5. The van der Waals surface area contributed by atoms with Gasteiger partial charge in [-0.3, -0.25) is 4.79 Å². The molecule has 0 spiro atoms. The van der Waals surface area contributed by atoms with E-state index in [1.165, 1.54) is 24.8 Å². The Bertz CT molecular complexity index is 461. The van der Waals surface area contributed by atoms with E-state index in [4.69, 9.17) is 4.74 Å². The van der Waals surface area contributed by atoms with E-state index >= 15 is 0 Å². The van der Waals surface area contributed by atoms with Gasteiger partial charge in [-0.2, -0.15) is 0 Å².